The summed E-state index contributed by atoms with van der Waals surface area (Å²) in [4.78, 5) is 20.2. The highest BCUT2D eigenvalue weighted by Crippen LogP contribution is 2.41. The Morgan fingerprint density at radius 2 is 2.35 bits per heavy atom. The maximum atomic E-state index is 12.6. The van der Waals surface area contributed by atoms with E-state index in [1.54, 1.807) is 11.3 Å². The number of carbonyl (C=O) groups excluding carboxylic acids is 1. The van der Waals surface area contributed by atoms with E-state index in [0.29, 0.717) is 18.8 Å². The third-order valence-electron chi connectivity index (χ3n) is 4.34. The van der Waals surface area contributed by atoms with E-state index in [2.05, 4.69) is 15.3 Å². The predicted octanol–water partition coefficient (Wildman–Crippen LogP) is 3.58. The van der Waals surface area contributed by atoms with Crippen LogP contribution in [0.25, 0.3) is 10.9 Å². The molecule has 0 radical (unpaired) electrons. The number of hydrogen-bond donors (Lipinski definition) is 2. The van der Waals surface area contributed by atoms with Gasteiger partial charge in [0.05, 0.1) is 18.7 Å². The van der Waals surface area contributed by atoms with Crippen molar-refractivity contribution in [1.82, 2.24) is 15.3 Å². The van der Waals surface area contributed by atoms with Crippen molar-refractivity contribution in [2.24, 2.45) is 0 Å². The number of carbonyl (C=O) groups is 1. The van der Waals surface area contributed by atoms with Crippen LogP contribution in [0.3, 0.4) is 0 Å². The zero-order chi connectivity index (χ0) is 18.3. The highest BCUT2D eigenvalue weighted by Gasteiger charge is 2.26. The molecule has 4 rings (SSSR count). The van der Waals surface area contributed by atoms with Gasteiger partial charge in [-0.15, -0.1) is 11.3 Å². The number of H-pyrrole nitrogens is 1. The number of fused-ring (bicyclic) bond motifs is 3. The molecular formula is C19H21N3O3S. The van der Waals surface area contributed by atoms with Crippen molar-refractivity contribution in [2.45, 2.75) is 39.8 Å². The van der Waals surface area contributed by atoms with Crippen LogP contribution in [0.4, 0.5) is 0 Å². The number of aromatic amines is 1. The fourth-order valence-corrected chi connectivity index (χ4v) is 3.97. The van der Waals surface area contributed by atoms with Crippen LogP contribution in [0, 0.1) is 6.92 Å². The molecule has 1 amide bonds. The lowest BCUT2D eigenvalue weighted by molar-refractivity contribution is 0.0946. The first-order valence-corrected chi connectivity index (χ1v) is 9.60. The Kier molecular flexibility index (Phi) is 4.32. The average Bonchev–Trinajstić information content (AvgIpc) is 3.30. The van der Waals surface area contributed by atoms with Gasteiger partial charge in [-0.05, 0) is 32.9 Å². The molecule has 1 aliphatic heterocycles. The average molecular weight is 371 g/mol. The van der Waals surface area contributed by atoms with Gasteiger partial charge in [0, 0.05) is 28.4 Å². The number of nitrogens with one attached hydrogen (secondary N) is 2. The van der Waals surface area contributed by atoms with Crippen LogP contribution in [-0.4, -0.2) is 28.6 Å². The molecule has 0 saturated heterocycles. The molecule has 0 spiro atoms. The number of benzene rings is 1. The molecule has 1 atom stereocenters. The first kappa shape index (κ1) is 16.9. The Labute approximate surface area is 155 Å². The van der Waals surface area contributed by atoms with Gasteiger partial charge in [-0.3, -0.25) is 4.79 Å². The number of aromatic nitrogens is 2. The minimum absolute atomic E-state index is 0.124. The van der Waals surface area contributed by atoms with E-state index < -0.39 is 0 Å². The summed E-state index contributed by atoms with van der Waals surface area (Å²) in [6.07, 6.45) is 0.966. The van der Waals surface area contributed by atoms with Crippen LogP contribution < -0.4 is 14.8 Å². The van der Waals surface area contributed by atoms with Gasteiger partial charge in [0.15, 0.2) is 0 Å². The van der Waals surface area contributed by atoms with Gasteiger partial charge in [-0.2, -0.15) is 0 Å². The van der Waals surface area contributed by atoms with Crippen LogP contribution in [-0.2, 0) is 13.0 Å². The van der Waals surface area contributed by atoms with E-state index in [4.69, 9.17) is 9.47 Å². The molecular weight excluding hydrogens is 350 g/mol. The van der Waals surface area contributed by atoms with Crippen LogP contribution in [0.5, 0.6) is 11.5 Å². The maximum Gasteiger partial charge on any atom is 0.268 e. The van der Waals surface area contributed by atoms with Crippen LogP contribution >= 0.6 is 11.3 Å². The Morgan fingerprint density at radius 1 is 1.50 bits per heavy atom. The Morgan fingerprint density at radius 3 is 3.08 bits per heavy atom. The monoisotopic (exact) mass is 371 g/mol. The van der Waals surface area contributed by atoms with Crippen LogP contribution in [0.15, 0.2) is 17.5 Å². The third-order valence-corrected chi connectivity index (χ3v) is 5.31. The number of amides is 1. The normalized spacial score (nSPS) is 15.7. The fraction of sp³-hybridized carbons (Fsp3) is 0.368. The molecule has 26 heavy (non-hydrogen) atoms. The zero-order valence-corrected chi connectivity index (χ0v) is 15.8. The largest absolute Gasteiger partial charge is 0.493 e. The Balaban J connectivity index is 1.65. The van der Waals surface area contributed by atoms with Crippen molar-refractivity contribution in [3.8, 4) is 11.5 Å². The van der Waals surface area contributed by atoms with Gasteiger partial charge in [-0.25, -0.2) is 4.98 Å². The van der Waals surface area contributed by atoms with Crippen LogP contribution in [0.1, 0.15) is 40.6 Å². The van der Waals surface area contributed by atoms with Crippen molar-refractivity contribution in [1.29, 1.82) is 0 Å². The summed E-state index contributed by atoms with van der Waals surface area (Å²) in [7, 11) is 0. The molecule has 136 valence electrons. The topological polar surface area (TPSA) is 76.2 Å². The molecule has 3 heterocycles. The van der Waals surface area contributed by atoms with Gasteiger partial charge in [-0.1, -0.05) is 0 Å². The number of aryl methyl sites for hydroxylation is 1. The van der Waals surface area contributed by atoms with E-state index in [-0.39, 0.29) is 12.0 Å². The highest BCUT2D eigenvalue weighted by atomic mass is 32.1. The Hall–Kier alpha value is -2.54. The number of ether oxygens (including phenoxy) is 2. The first-order chi connectivity index (χ1) is 12.5. The highest BCUT2D eigenvalue weighted by molar-refractivity contribution is 7.09. The summed E-state index contributed by atoms with van der Waals surface area (Å²) < 4.78 is 11.7. The van der Waals surface area contributed by atoms with E-state index in [1.165, 1.54) is 0 Å². The summed E-state index contributed by atoms with van der Waals surface area (Å²) >= 11 is 1.54. The first-order valence-electron chi connectivity index (χ1n) is 8.72. The molecule has 3 aromatic rings. The lowest BCUT2D eigenvalue weighted by Crippen LogP contribution is -2.23. The molecule has 0 unspecified atom stereocenters. The molecule has 0 saturated carbocycles. The van der Waals surface area contributed by atoms with Crippen molar-refractivity contribution in [2.75, 3.05) is 6.61 Å². The molecule has 7 heteroatoms. The molecule has 6 nitrogen and oxygen atoms in total. The summed E-state index contributed by atoms with van der Waals surface area (Å²) in [6.45, 7) is 6.92. The zero-order valence-electron chi connectivity index (χ0n) is 15.0. The molecule has 1 aliphatic rings. The molecule has 2 N–H and O–H groups in total. The number of thiazole rings is 1. The van der Waals surface area contributed by atoms with Crippen molar-refractivity contribution >= 4 is 28.1 Å². The van der Waals surface area contributed by atoms with E-state index in [9.17, 15) is 4.79 Å². The summed E-state index contributed by atoms with van der Waals surface area (Å²) in [5.74, 6) is 1.44. The standard InChI is InChI=1S/C19H21N3O3S/c1-4-24-15-6-12-5-11(3)25-18(12)17-13(15)7-14(22-17)19(23)20-8-16-21-10(2)9-26-16/h6-7,9,11,22H,4-5,8H2,1-3H3,(H,20,23)/t11-/m1/s1. The van der Waals surface area contributed by atoms with Crippen molar-refractivity contribution in [3.63, 3.8) is 0 Å². The maximum absolute atomic E-state index is 12.6. The minimum Gasteiger partial charge on any atom is -0.493 e. The van der Waals surface area contributed by atoms with Crippen LogP contribution in [0.2, 0.25) is 0 Å². The smallest absolute Gasteiger partial charge is 0.268 e. The van der Waals surface area contributed by atoms with E-state index in [1.807, 2.05) is 38.3 Å². The van der Waals surface area contributed by atoms with Gasteiger partial charge in [0.25, 0.3) is 5.91 Å². The quantitative estimate of drug-likeness (QED) is 0.719. The van der Waals surface area contributed by atoms with Crippen molar-refractivity contribution in [3.05, 3.63) is 39.5 Å². The van der Waals surface area contributed by atoms with E-state index >= 15 is 0 Å². The molecule has 0 bridgehead atoms. The minimum atomic E-state index is -0.170. The van der Waals surface area contributed by atoms with Gasteiger partial charge in [0.2, 0.25) is 0 Å². The Bertz CT molecular complexity index is 976. The van der Waals surface area contributed by atoms with Gasteiger partial charge in [0.1, 0.15) is 28.3 Å². The second kappa shape index (κ2) is 6.64. The lowest BCUT2D eigenvalue weighted by Gasteiger charge is -2.08. The summed E-state index contributed by atoms with van der Waals surface area (Å²) in [5.41, 5.74) is 3.39. The molecule has 0 aliphatic carbocycles. The fourth-order valence-electron chi connectivity index (χ4n) is 3.26. The van der Waals surface area contributed by atoms with E-state index in [0.717, 1.165) is 45.1 Å². The molecule has 0 fully saturated rings. The molecule has 1 aromatic carbocycles. The van der Waals surface area contributed by atoms with Gasteiger partial charge >= 0.3 is 0 Å². The van der Waals surface area contributed by atoms with Gasteiger partial charge < -0.3 is 19.8 Å². The molecule has 2 aromatic heterocycles. The lowest BCUT2D eigenvalue weighted by atomic mass is 10.1. The summed E-state index contributed by atoms with van der Waals surface area (Å²) in [6, 6.07) is 3.86. The number of hydrogen-bond acceptors (Lipinski definition) is 5. The second-order valence-electron chi connectivity index (χ2n) is 6.47. The number of nitrogens with zero attached hydrogens (tertiary/aromatic N) is 1. The summed E-state index contributed by atoms with van der Waals surface area (Å²) in [5, 5.41) is 6.65. The SMILES string of the molecule is CCOc1cc2c(c3[nH]c(C(=O)NCc4nc(C)cs4)cc13)O[C@H](C)C2. The third kappa shape index (κ3) is 3.03. The number of rotatable bonds is 5. The van der Waals surface area contributed by atoms with Crippen molar-refractivity contribution < 1.29 is 14.3 Å². The predicted molar refractivity (Wildman–Crippen MR) is 101 cm³/mol. The second-order valence-corrected chi connectivity index (χ2v) is 7.41.